The fraction of sp³-hybridized carbons (Fsp3) is 0.667. The van der Waals surface area contributed by atoms with Gasteiger partial charge in [0.25, 0.3) is 0 Å². The first-order chi connectivity index (χ1) is 7.72. The van der Waals surface area contributed by atoms with Gasteiger partial charge in [0.05, 0.1) is 11.7 Å². The predicted molar refractivity (Wildman–Crippen MR) is 60.1 cm³/mol. The topological polar surface area (TPSA) is 46.9 Å². The Morgan fingerprint density at radius 2 is 2.38 bits per heavy atom. The number of ketones is 1. The van der Waals surface area contributed by atoms with E-state index in [2.05, 4.69) is 28.0 Å². The summed E-state index contributed by atoms with van der Waals surface area (Å²) in [6, 6.07) is 0.414. The number of Topliss-reactive ketones (excluding diaryl/α,β-unsaturated/α-hetero) is 1. The molecule has 86 valence electrons. The number of carbonyl (C=O) groups excluding carboxylic acids is 1. The molecule has 0 saturated carbocycles. The molecule has 0 aliphatic carbocycles. The van der Waals surface area contributed by atoms with Crippen molar-refractivity contribution in [3.8, 4) is 0 Å². The van der Waals surface area contributed by atoms with Crippen molar-refractivity contribution in [1.29, 1.82) is 0 Å². The zero-order valence-corrected chi connectivity index (χ0v) is 9.57. The molecule has 4 heteroatoms. The highest BCUT2D eigenvalue weighted by atomic mass is 16.1. The van der Waals surface area contributed by atoms with Gasteiger partial charge in [0, 0.05) is 38.0 Å². The van der Waals surface area contributed by atoms with Crippen molar-refractivity contribution in [3.05, 3.63) is 17.7 Å². The maximum absolute atomic E-state index is 11.6. The highest BCUT2D eigenvalue weighted by Crippen LogP contribution is 2.25. The number of aryl methyl sites for hydroxylation is 2. The average Bonchev–Trinajstić information content (AvgIpc) is 2.74. The van der Waals surface area contributed by atoms with Crippen LogP contribution < -0.4 is 5.32 Å². The Morgan fingerprint density at radius 1 is 1.50 bits per heavy atom. The van der Waals surface area contributed by atoms with E-state index >= 15 is 0 Å². The van der Waals surface area contributed by atoms with E-state index in [0.29, 0.717) is 18.6 Å². The third-order valence-corrected chi connectivity index (χ3v) is 3.49. The summed E-state index contributed by atoms with van der Waals surface area (Å²) in [5, 5.41) is 3.46. The van der Waals surface area contributed by atoms with Gasteiger partial charge in [-0.05, 0) is 13.3 Å². The minimum Gasteiger partial charge on any atom is -0.335 e. The molecule has 0 bridgehead atoms. The molecule has 1 aromatic heterocycles. The molecule has 1 fully saturated rings. The number of hydrogen-bond acceptors (Lipinski definition) is 3. The van der Waals surface area contributed by atoms with E-state index in [9.17, 15) is 4.79 Å². The summed E-state index contributed by atoms with van der Waals surface area (Å²) in [5.41, 5.74) is 1.05. The van der Waals surface area contributed by atoms with Crippen LogP contribution in [0.5, 0.6) is 0 Å². The van der Waals surface area contributed by atoms with E-state index in [1.807, 2.05) is 0 Å². The fourth-order valence-electron chi connectivity index (χ4n) is 2.75. The quantitative estimate of drug-likeness (QED) is 0.772. The van der Waals surface area contributed by atoms with Gasteiger partial charge in [-0.1, -0.05) is 0 Å². The Kier molecular flexibility index (Phi) is 2.32. The molecule has 4 nitrogen and oxygen atoms in total. The predicted octanol–water partition coefficient (Wildman–Crippen LogP) is 1.21. The minimum atomic E-state index is 0.134. The van der Waals surface area contributed by atoms with Gasteiger partial charge < -0.3 is 9.88 Å². The Morgan fingerprint density at radius 3 is 3.12 bits per heavy atom. The van der Waals surface area contributed by atoms with Crippen LogP contribution in [0.1, 0.15) is 43.7 Å². The SMILES string of the molecule is CC1CC(=O)CC(c2cn3c(n2)CCC3)N1. The lowest BCUT2D eigenvalue weighted by molar-refractivity contribution is -0.121. The first kappa shape index (κ1) is 10.0. The number of hydrogen-bond donors (Lipinski definition) is 1. The first-order valence-electron chi connectivity index (χ1n) is 6.06. The lowest BCUT2D eigenvalue weighted by Crippen LogP contribution is -2.39. The van der Waals surface area contributed by atoms with Crippen LogP contribution in [-0.4, -0.2) is 21.4 Å². The number of nitrogens with zero attached hydrogens (tertiary/aromatic N) is 2. The van der Waals surface area contributed by atoms with Crippen LogP contribution in [0.15, 0.2) is 6.20 Å². The Hall–Kier alpha value is -1.16. The Bertz CT molecular complexity index is 402. The number of imidazole rings is 1. The van der Waals surface area contributed by atoms with Crippen LogP contribution in [0.3, 0.4) is 0 Å². The second kappa shape index (κ2) is 3.70. The second-order valence-corrected chi connectivity index (χ2v) is 4.95. The molecule has 3 heterocycles. The number of aromatic nitrogens is 2. The second-order valence-electron chi connectivity index (χ2n) is 4.95. The van der Waals surface area contributed by atoms with Crippen molar-refractivity contribution in [2.45, 2.75) is 51.2 Å². The summed E-state index contributed by atoms with van der Waals surface area (Å²) in [5.74, 6) is 1.53. The van der Waals surface area contributed by atoms with Crippen LogP contribution in [0.2, 0.25) is 0 Å². The van der Waals surface area contributed by atoms with E-state index in [0.717, 1.165) is 18.7 Å². The van der Waals surface area contributed by atoms with Gasteiger partial charge >= 0.3 is 0 Å². The number of piperidine rings is 1. The summed E-state index contributed by atoms with van der Waals surface area (Å²) in [4.78, 5) is 16.2. The number of carbonyl (C=O) groups is 1. The molecule has 2 atom stereocenters. The number of nitrogens with one attached hydrogen (secondary N) is 1. The van der Waals surface area contributed by atoms with Crippen molar-refractivity contribution < 1.29 is 4.79 Å². The van der Waals surface area contributed by atoms with Crippen LogP contribution in [-0.2, 0) is 17.8 Å². The zero-order chi connectivity index (χ0) is 11.1. The average molecular weight is 219 g/mol. The zero-order valence-electron chi connectivity index (χ0n) is 9.57. The van der Waals surface area contributed by atoms with Gasteiger partial charge in [0.15, 0.2) is 0 Å². The molecule has 0 aromatic carbocycles. The van der Waals surface area contributed by atoms with E-state index in [4.69, 9.17) is 0 Å². The molecule has 1 saturated heterocycles. The van der Waals surface area contributed by atoms with E-state index in [-0.39, 0.29) is 12.1 Å². The van der Waals surface area contributed by atoms with E-state index in [1.54, 1.807) is 0 Å². The monoisotopic (exact) mass is 219 g/mol. The molecule has 16 heavy (non-hydrogen) atoms. The third-order valence-electron chi connectivity index (χ3n) is 3.49. The number of fused-ring (bicyclic) bond motifs is 1. The highest BCUT2D eigenvalue weighted by molar-refractivity contribution is 5.80. The van der Waals surface area contributed by atoms with Crippen LogP contribution >= 0.6 is 0 Å². The molecule has 1 aromatic rings. The standard InChI is InChI=1S/C12H17N3O/c1-8-5-9(16)6-10(13-8)11-7-15-4-2-3-12(15)14-11/h7-8,10,13H,2-6H2,1H3. The summed E-state index contributed by atoms with van der Waals surface area (Å²) in [7, 11) is 0. The lowest BCUT2D eigenvalue weighted by atomic mass is 9.96. The van der Waals surface area contributed by atoms with E-state index in [1.165, 1.54) is 12.2 Å². The Balaban J connectivity index is 1.83. The largest absolute Gasteiger partial charge is 0.335 e. The molecule has 3 rings (SSSR count). The minimum absolute atomic E-state index is 0.134. The fourth-order valence-corrected chi connectivity index (χ4v) is 2.75. The smallest absolute Gasteiger partial charge is 0.136 e. The molecule has 0 amide bonds. The summed E-state index contributed by atoms with van der Waals surface area (Å²) < 4.78 is 2.22. The van der Waals surface area contributed by atoms with E-state index < -0.39 is 0 Å². The van der Waals surface area contributed by atoms with Gasteiger partial charge in [-0.15, -0.1) is 0 Å². The molecule has 1 N–H and O–H groups in total. The maximum Gasteiger partial charge on any atom is 0.136 e. The van der Waals surface area contributed by atoms with Gasteiger partial charge in [-0.3, -0.25) is 4.79 Å². The van der Waals surface area contributed by atoms with Gasteiger partial charge in [0.2, 0.25) is 0 Å². The van der Waals surface area contributed by atoms with Crippen molar-refractivity contribution >= 4 is 5.78 Å². The molecule has 2 aliphatic heterocycles. The lowest BCUT2D eigenvalue weighted by Gasteiger charge is -2.26. The molecule has 0 radical (unpaired) electrons. The normalized spacial score (nSPS) is 29.4. The summed E-state index contributed by atoms with van der Waals surface area (Å²) in [6.45, 7) is 3.15. The van der Waals surface area contributed by atoms with Gasteiger partial charge in [-0.25, -0.2) is 4.98 Å². The maximum atomic E-state index is 11.6. The molecular weight excluding hydrogens is 202 g/mol. The van der Waals surface area contributed by atoms with Crippen LogP contribution in [0.4, 0.5) is 0 Å². The molecule has 0 spiro atoms. The molecule has 2 unspecified atom stereocenters. The van der Waals surface area contributed by atoms with Crippen molar-refractivity contribution in [2.24, 2.45) is 0 Å². The highest BCUT2D eigenvalue weighted by Gasteiger charge is 2.27. The number of rotatable bonds is 1. The summed E-state index contributed by atoms with van der Waals surface area (Å²) >= 11 is 0. The molecule has 2 aliphatic rings. The van der Waals surface area contributed by atoms with Crippen molar-refractivity contribution in [2.75, 3.05) is 0 Å². The molecular formula is C12H17N3O. The van der Waals surface area contributed by atoms with Gasteiger partial charge in [-0.2, -0.15) is 0 Å². The van der Waals surface area contributed by atoms with Crippen molar-refractivity contribution in [3.63, 3.8) is 0 Å². The van der Waals surface area contributed by atoms with Crippen LogP contribution in [0.25, 0.3) is 0 Å². The Labute approximate surface area is 95.1 Å². The first-order valence-corrected chi connectivity index (χ1v) is 6.06. The van der Waals surface area contributed by atoms with Crippen molar-refractivity contribution in [1.82, 2.24) is 14.9 Å². The van der Waals surface area contributed by atoms with Crippen LogP contribution in [0, 0.1) is 0 Å². The van der Waals surface area contributed by atoms with Gasteiger partial charge in [0.1, 0.15) is 11.6 Å². The third kappa shape index (κ3) is 1.67. The summed E-state index contributed by atoms with van der Waals surface area (Å²) in [6.07, 6.45) is 5.66.